The molecule has 0 bridgehead atoms. The standard InChI is InChI=1S/C15H17NO2/c1-11(10-17)16(2)15(18)14-8-7-12-5-3-4-6-13(12)9-14/h3-9,11,17H,10H2,1-2H3. The first kappa shape index (κ1) is 12.6. The van der Waals surface area contributed by atoms with E-state index in [9.17, 15) is 4.79 Å². The number of nitrogens with zero attached hydrogens (tertiary/aromatic N) is 1. The minimum Gasteiger partial charge on any atom is -0.394 e. The fourth-order valence-electron chi connectivity index (χ4n) is 1.85. The summed E-state index contributed by atoms with van der Waals surface area (Å²) in [6.45, 7) is 1.79. The number of aliphatic hydroxyl groups excluding tert-OH is 1. The Morgan fingerprint density at radius 1 is 1.22 bits per heavy atom. The van der Waals surface area contributed by atoms with Gasteiger partial charge in [0.25, 0.3) is 5.91 Å². The summed E-state index contributed by atoms with van der Waals surface area (Å²) in [5.41, 5.74) is 0.650. The third-order valence-electron chi connectivity index (χ3n) is 3.24. The molecule has 0 aliphatic carbocycles. The van der Waals surface area contributed by atoms with Crippen LogP contribution in [-0.2, 0) is 0 Å². The summed E-state index contributed by atoms with van der Waals surface area (Å²) in [7, 11) is 1.71. The monoisotopic (exact) mass is 243 g/mol. The number of amides is 1. The summed E-state index contributed by atoms with van der Waals surface area (Å²) >= 11 is 0. The second-order valence-corrected chi connectivity index (χ2v) is 4.51. The molecule has 1 N–H and O–H groups in total. The van der Waals surface area contributed by atoms with Gasteiger partial charge >= 0.3 is 0 Å². The van der Waals surface area contributed by atoms with Gasteiger partial charge in [0.15, 0.2) is 0 Å². The van der Waals surface area contributed by atoms with Crippen molar-refractivity contribution < 1.29 is 9.90 Å². The number of carbonyl (C=O) groups excluding carboxylic acids is 1. The largest absolute Gasteiger partial charge is 0.394 e. The maximum atomic E-state index is 12.2. The molecule has 0 fully saturated rings. The average Bonchev–Trinajstić information content (AvgIpc) is 2.44. The molecule has 2 aromatic rings. The summed E-state index contributed by atoms with van der Waals surface area (Å²) in [6, 6.07) is 13.4. The van der Waals surface area contributed by atoms with Crippen molar-refractivity contribution in [3.05, 3.63) is 48.0 Å². The number of carbonyl (C=O) groups is 1. The van der Waals surface area contributed by atoms with Crippen molar-refractivity contribution in [1.29, 1.82) is 0 Å². The lowest BCUT2D eigenvalue weighted by Crippen LogP contribution is -2.37. The molecule has 0 saturated carbocycles. The fraction of sp³-hybridized carbons (Fsp3) is 0.267. The molecule has 0 aliphatic heterocycles. The first-order valence-corrected chi connectivity index (χ1v) is 6.00. The predicted molar refractivity (Wildman–Crippen MR) is 72.6 cm³/mol. The van der Waals surface area contributed by atoms with Gasteiger partial charge in [0.2, 0.25) is 0 Å². The van der Waals surface area contributed by atoms with Gasteiger partial charge in [-0.2, -0.15) is 0 Å². The van der Waals surface area contributed by atoms with E-state index in [0.29, 0.717) is 5.56 Å². The van der Waals surface area contributed by atoms with Crippen molar-refractivity contribution in [1.82, 2.24) is 4.90 Å². The molecule has 2 rings (SSSR count). The molecule has 0 heterocycles. The zero-order chi connectivity index (χ0) is 13.1. The SMILES string of the molecule is CC(CO)N(C)C(=O)c1ccc2ccccc2c1. The van der Waals surface area contributed by atoms with Gasteiger partial charge in [-0.25, -0.2) is 0 Å². The fourth-order valence-corrected chi connectivity index (χ4v) is 1.85. The van der Waals surface area contributed by atoms with Gasteiger partial charge in [-0.1, -0.05) is 30.3 Å². The number of hydrogen-bond donors (Lipinski definition) is 1. The molecule has 0 aromatic heterocycles. The van der Waals surface area contributed by atoms with Crippen LogP contribution in [0, 0.1) is 0 Å². The molecule has 0 aliphatic rings. The zero-order valence-corrected chi connectivity index (χ0v) is 10.6. The van der Waals surface area contributed by atoms with Crippen LogP contribution in [0.15, 0.2) is 42.5 Å². The molecule has 94 valence electrons. The Bertz CT molecular complexity index is 565. The van der Waals surface area contributed by atoms with E-state index < -0.39 is 0 Å². The molecular formula is C15H17NO2. The van der Waals surface area contributed by atoms with E-state index >= 15 is 0 Å². The molecule has 1 atom stereocenters. The van der Waals surface area contributed by atoms with Crippen LogP contribution >= 0.6 is 0 Å². The van der Waals surface area contributed by atoms with Gasteiger partial charge in [-0.15, -0.1) is 0 Å². The van der Waals surface area contributed by atoms with Gasteiger partial charge in [0.1, 0.15) is 0 Å². The lowest BCUT2D eigenvalue weighted by molar-refractivity contribution is 0.0682. The van der Waals surface area contributed by atoms with E-state index in [1.807, 2.05) is 49.4 Å². The van der Waals surface area contributed by atoms with Crippen molar-refractivity contribution in [2.24, 2.45) is 0 Å². The number of likely N-dealkylation sites (N-methyl/N-ethyl adjacent to an activating group) is 1. The highest BCUT2D eigenvalue weighted by atomic mass is 16.3. The number of benzene rings is 2. The zero-order valence-electron chi connectivity index (χ0n) is 10.6. The molecule has 1 amide bonds. The van der Waals surface area contributed by atoms with Crippen LogP contribution in [0.3, 0.4) is 0 Å². The van der Waals surface area contributed by atoms with Crippen LogP contribution in [0.2, 0.25) is 0 Å². The van der Waals surface area contributed by atoms with E-state index in [4.69, 9.17) is 5.11 Å². The molecule has 3 heteroatoms. The molecule has 2 aromatic carbocycles. The van der Waals surface area contributed by atoms with Crippen molar-refractivity contribution in [3.63, 3.8) is 0 Å². The maximum absolute atomic E-state index is 12.2. The summed E-state index contributed by atoms with van der Waals surface area (Å²) in [5.74, 6) is -0.0673. The summed E-state index contributed by atoms with van der Waals surface area (Å²) < 4.78 is 0. The van der Waals surface area contributed by atoms with Gasteiger partial charge < -0.3 is 10.0 Å². The Morgan fingerprint density at radius 3 is 2.56 bits per heavy atom. The summed E-state index contributed by atoms with van der Waals surface area (Å²) in [6.07, 6.45) is 0. The number of hydrogen-bond acceptors (Lipinski definition) is 2. The Kier molecular flexibility index (Phi) is 3.63. The van der Waals surface area contributed by atoms with E-state index in [1.165, 1.54) is 0 Å². The van der Waals surface area contributed by atoms with Crippen molar-refractivity contribution in [2.45, 2.75) is 13.0 Å². The highest BCUT2D eigenvalue weighted by Crippen LogP contribution is 2.17. The normalized spacial score (nSPS) is 12.4. The molecule has 3 nitrogen and oxygen atoms in total. The lowest BCUT2D eigenvalue weighted by Gasteiger charge is -2.23. The second kappa shape index (κ2) is 5.19. The molecular weight excluding hydrogens is 226 g/mol. The average molecular weight is 243 g/mol. The van der Waals surface area contributed by atoms with Gasteiger partial charge in [-0.05, 0) is 29.8 Å². The van der Waals surface area contributed by atoms with Crippen LogP contribution < -0.4 is 0 Å². The first-order valence-electron chi connectivity index (χ1n) is 6.00. The van der Waals surface area contributed by atoms with Crippen LogP contribution in [0.1, 0.15) is 17.3 Å². The first-order chi connectivity index (χ1) is 8.63. The minimum atomic E-state index is -0.177. The Hall–Kier alpha value is -1.87. The lowest BCUT2D eigenvalue weighted by atomic mass is 10.1. The highest BCUT2D eigenvalue weighted by Gasteiger charge is 2.16. The van der Waals surface area contributed by atoms with Gasteiger partial charge in [0.05, 0.1) is 12.6 Å². The van der Waals surface area contributed by atoms with Crippen molar-refractivity contribution >= 4 is 16.7 Å². The van der Waals surface area contributed by atoms with Crippen LogP contribution in [0.5, 0.6) is 0 Å². The maximum Gasteiger partial charge on any atom is 0.253 e. The summed E-state index contributed by atoms with van der Waals surface area (Å²) in [4.78, 5) is 13.8. The smallest absolute Gasteiger partial charge is 0.253 e. The topological polar surface area (TPSA) is 40.5 Å². The van der Waals surface area contributed by atoms with E-state index in [2.05, 4.69) is 0 Å². The molecule has 0 radical (unpaired) electrons. The number of rotatable bonds is 3. The Morgan fingerprint density at radius 2 is 1.89 bits per heavy atom. The number of aliphatic hydroxyl groups is 1. The van der Waals surface area contributed by atoms with Crippen LogP contribution in [0.25, 0.3) is 10.8 Å². The van der Waals surface area contributed by atoms with E-state index in [0.717, 1.165) is 10.8 Å². The van der Waals surface area contributed by atoms with E-state index in [-0.39, 0.29) is 18.6 Å². The van der Waals surface area contributed by atoms with Crippen LogP contribution in [0.4, 0.5) is 0 Å². The molecule has 0 spiro atoms. The third kappa shape index (κ3) is 2.36. The summed E-state index contributed by atoms with van der Waals surface area (Å²) in [5, 5.41) is 11.2. The Balaban J connectivity index is 2.33. The highest BCUT2D eigenvalue weighted by molar-refractivity contribution is 5.98. The second-order valence-electron chi connectivity index (χ2n) is 4.51. The van der Waals surface area contributed by atoms with Crippen LogP contribution in [-0.4, -0.2) is 35.6 Å². The van der Waals surface area contributed by atoms with Crippen molar-refractivity contribution in [3.8, 4) is 0 Å². The molecule has 0 saturated heterocycles. The van der Waals surface area contributed by atoms with Crippen molar-refractivity contribution in [2.75, 3.05) is 13.7 Å². The van der Waals surface area contributed by atoms with E-state index in [1.54, 1.807) is 11.9 Å². The third-order valence-corrected chi connectivity index (χ3v) is 3.24. The molecule has 1 unspecified atom stereocenters. The number of fused-ring (bicyclic) bond motifs is 1. The predicted octanol–water partition coefficient (Wildman–Crippen LogP) is 2.29. The van der Waals surface area contributed by atoms with Gasteiger partial charge in [-0.3, -0.25) is 4.79 Å². The molecule has 18 heavy (non-hydrogen) atoms. The quantitative estimate of drug-likeness (QED) is 0.898. The Labute approximate surface area is 107 Å². The van der Waals surface area contributed by atoms with Gasteiger partial charge in [0, 0.05) is 12.6 Å². The minimum absolute atomic E-state index is 0.0319.